The second-order valence-corrected chi connectivity index (χ2v) is 5.05. The number of carbonyl (C=O) groups excluding carboxylic acids is 2. The number of urea groups is 1. The normalized spacial score (nSPS) is 9.90. The van der Waals surface area contributed by atoms with Crippen molar-refractivity contribution in [3.63, 3.8) is 0 Å². The Morgan fingerprint density at radius 2 is 1.90 bits per heavy atom. The average Bonchev–Trinajstić information content (AvgIpc) is 2.86. The Hall–Kier alpha value is -2.41. The summed E-state index contributed by atoms with van der Waals surface area (Å²) in [5.74, 6) is -0.272. The summed E-state index contributed by atoms with van der Waals surface area (Å²) >= 11 is 1.42. The van der Waals surface area contributed by atoms with E-state index in [9.17, 15) is 9.59 Å². The zero-order valence-corrected chi connectivity index (χ0v) is 11.9. The third-order valence-corrected chi connectivity index (χ3v) is 3.23. The molecule has 0 saturated heterocycles. The van der Waals surface area contributed by atoms with Crippen molar-refractivity contribution in [2.45, 2.75) is 6.92 Å². The number of carbonyl (C=O) groups is 2. The van der Waals surface area contributed by atoms with Crippen LogP contribution in [0.3, 0.4) is 0 Å². The first-order valence-corrected chi connectivity index (χ1v) is 6.78. The smallest absolute Gasteiger partial charge is 0.318 e. The molecule has 3 N–H and O–H groups in total. The maximum atomic E-state index is 12.0. The number of nitrogens with one attached hydrogen (secondary N) is 3. The number of rotatable bonds is 3. The van der Waals surface area contributed by atoms with Crippen LogP contribution in [-0.2, 0) is 0 Å². The molecule has 0 radical (unpaired) electrons. The lowest BCUT2D eigenvalue weighted by Crippen LogP contribution is -2.24. The Morgan fingerprint density at radius 3 is 2.50 bits per heavy atom. The molecule has 20 heavy (non-hydrogen) atoms. The van der Waals surface area contributed by atoms with Crippen LogP contribution in [0.25, 0.3) is 0 Å². The summed E-state index contributed by atoms with van der Waals surface area (Å²) in [6.07, 6.45) is 0. The van der Waals surface area contributed by atoms with Gasteiger partial charge in [-0.15, -0.1) is 11.3 Å². The molecule has 3 amide bonds. The predicted octanol–water partition coefficient (Wildman–Crippen LogP) is 2.46. The first-order chi connectivity index (χ1) is 9.58. The topological polar surface area (TPSA) is 83.1 Å². The minimum Gasteiger partial charge on any atom is -0.341 e. The summed E-state index contributed by atoms with van der Waals surface area (Å²) in [5, 5.41) is 10.4. The zero-order valence-electron chi connectivity index (χ0n) is 11.1. The standard InChI is InChI=1S/C13H14N4O2S/c1-8-15-11(7-20-8)12(18)16-9-4-3-5-10(6-9)17-13(19)14-2/h3-7H,1-2H3,(H,16,18)(H2,14,17,19). The van der Waals surface area contributed by atoms with Gasteiger partial charge in [-0.2, -0.15) is 0 Å². The highest BCUT2D eigenvalue weighted by atomic mass is 32.1. The van der Waals surface area contributed by atoms with E-state index in [0.29, 0.717) is 17.1 Å². The summed E-state index contributed by atoms with van der Waals surface area (Å²) in [7, 11) is 1.53. The Balaban J connectivity index is 2.08. The highest BCUT2D eigenvalue weighted by molar-refractivity contribution is 7.09. The van der Waals surface area contributed by atoms with E-state index in [1.807, 2.05) is 6.92 Å². The molecule has 6 nitrogen and oxygen atoms in total. The number of anilines is 2. The fourth-order valence-electron chi connectivity index (χ4n) is 1.53. The summed E-state index contributed by atoms with van der Waals surface area (Å²) in [4.78, 5) is 27.3. The van der Waals surface area contributed by atoms with Crippen LogP contribution < -0.4 is 16.0 Å². The Labute approximate surface area is 120 Å². The maximum absolute atomic E-state index is 12.0. The highest BCUT2D eigenvalue weighted by Gasteiger charge is 2.10. The van der Waals surface area contributed by atoms with Crippen LogP contribution in [0.2, 0.25) is 0 Å². The molecular formula is C13H14N4O2S. The van der Waals surface area contributed by atoms with E-state index in [4.69, 9.17) is 0 Å². The summed E-state index contributed by atoms with van der Waals surface area (Å²) in [6, 6.07) is 6.58. The van der Waals surface area contributed by atoms with Crippen molar-refractivity contribution in [3.8, 4) is 0 Å². The molecule has 0 aliphatic rings. The lowest BCUT2D eigenvalue weighted by atomic mass is 10.2. The highest BCUT2D eigenvalue weighted by Crippen LogP contribution is 2.16. The summed E-state index contributed by atoms with van der Waals surface area (Å²) in [6.45, 7) is 1.84. The molecule has 0 bridgehead atoms. The van der Waals surface area contributed by atoms with Crippen molar-refractivity contribution in [2.75, 3.05) is 17.7 Å². The number of hydrogen-bond donors (Lipinski definition) is 3. The summed E-state index contributed by atoms with van der Waals surface area (Å²) in [5.41, 5.74) is 1.57. The van der Waals surface area contributed by atoms with Gasteiger partial charge in [-0.05, 0) is 25.1 Å². The van der Waals surface area contributed by atoms with E-state index in [2.05, 4.69) is 20.9 Å². The van der Waals surface area contributed by atoms with E-state index in [-0.39, 0.29) is 11.9 Å². The fourth-order valence-corrected chi connectivity index (χ4v) is 2.12. The zero-order chi connectivity index (χ0) is 14.5. The van der Waals surface area contributed by atoms with Crippen LogP contribution in [0, 0.1) is 6.92 Å². The first kappa shape index (κ1) is 14.0. The third-order valence-electron chi connectivity index (χ3n) is 2.46. The Kier molecular flexibility index (Phi) is 4.31. The van der Waals surface area contributed by atoms with Gasteiger partial charge in [0, 0.05) is 23.8 Å². The molecule has 1 heterocycles. The molecule has 0 unspecified atom stereocenters. The van der Waals surface area contributed by atoms with Gasteiger partial charge in [-0.25, -0.2) is 9.78 Å². The molecule has 1 aromatic heterocycles. The van der Waals surface area contributed by atoms with Gasteiger partial charge in [0.05, 0.1) is 5.01 Å². The van der Waals surface area contributed by atoms with E-state index in [1.165, 1.54) is 18.4 Å². The molecule has 0 aliphatic heterocycles. The number of nitrogens with zero attached hydrogens (tertiary/aromatic N) is 1. The van der Waals surface area contributed by atoms with Crippen LogP contribution in [0.1, 0.15) is 15.5 Å². The maximum Gasteiger partial charge on any atom is 0.318 e. The summed E-state index contributed by atoms with van der Waals surface area (Å²) < 4.78 is 0. The second-order valence-electron chi connectivity index (χ2n) is 3.99. The molecule has 7 heteroatoms. The predicted molar refractivity (Wildman–Crippen MR) is 79.3 cm³/mol. The van der Waals surface area contributed by atoms with Gasteiger partial charge in [-0.3, -0.25) is 4.79 Å². The van der Waals surface area contributed by atoms with Crippen molar-refractivity contribution in [3.05, 3.63) is 40.3 Å². The van der Waals surface area contributed by atoms with Crippen LogP contribution in [-0.4, -0.2) is 24.0 Å². The van der Waals surface area contributed by atoms with Crippen molar-refractivity contribution in [1.29, 1.82) is 0 Å². The van der Waals surface area contributed by atoms with Gasteiger partial charge >= 0.3 is 6.03 Å². The SMILES string of the molecule is CNC(=O)Nc1cccc(NC(=O)c2csc(C)n2)c1. The molecule has 0 spiro atoms. The van der Waals surface area contributed by atoms with Crippen LogP contribution >= 0.6 is 11.3 Å². The number of aromatic nitrogens is 1. The molecule has 2 aromatic rings. The third kappa shape index (κ3) is 3.55. The molecule has 2 rings (SSSR count). The molecule has 0 saturated carbocycles. The lowest BCUT2D eigenvalue weighted by Gasteiger charge is -2.07. The minimum absolute atomic E-state index is 0.272. The molecule has 1 aromatic carbocycles. The van der Waals surface area contributed by atoms with Crippen LogP contribution in [0.15, 0.2) is 29.6 Å². The Morgan fingerprint density at radius 1 is 1.20 bits per heavy atom. The first-order valence-electron chi connectivity index (χ1n) is 5.91. The molecular weight excluding hydrogens is 276 g/mol. The molecule has 0 fully saturated rings. The van der Waals surface area contributed by atoms with Crippen molar-refractivity contribution in [2.24, 2.45) is 0 Å². The number of aryl methyl sites for hydroxylation is 1. The largest absolute Gasteiger partial charge is 0.341 e. The van der Waals surface area contributed by atoms with E-state index in [1.54, 1.807) is 29.6 Å². The van der Waals surface area contributed by atoms with Gasteiger partial charge < -0.3 is 16.0 Å². The quantitative estimate of drug-likeness (QED) is 0.812. The average molecular weight is 290 g/mol. The number of amides is 3. The molecule has 0 aliphatic carbocycles. The monoisotopic (exact) mass is 290 g/mol. The van der Waals surface area contributed by atoms with E-state index < -0.39 is 0 Å². The van der Waals surface area contributed by atoms with Crippen molar-refractivity contribution >= 4 is 34.6 Å². The van der Waals surface area contributed by atoms with Gasteiger partial charge in [0.15, 0.2) is 0 Å². The van der Waals surface area contributed by atoms with E-state index >= 15 is 0 Å². The van der Waals surface area contributed by atoms with Crippen molar-refractivity contribution in [1.82, 2.24) is 10.3 Å². The second kappa shape index (κ2) is 6.16. The number of benzene rings is 1. The lowest BCUT2D eigenvalue weighted by molar-refractivity contribution is 0.102. The minimum atomic E-state index is -0.316. The fraction of sp³-hybridized carbons (Fsp3) is 0.154. The number of thiazole rings is 1. The van der Waals surface area contributed by atoms with Gasteiger partial charge in [0.2, 0.25) is 0 Å². The van der Waals surface area contributed by atoms with Crippen LogP contribution in [0.4, 0.5) is 16.2 Å². The Bertz CT molecular complexity index is 639. The van der Waals surface area contributed by atoms with Crippen LogP contribution in [0.5, 0.6) is 0 Å². The molecule has 104 valence electrons. The van der Waals surface area contributed by atoms with Gasteiger partial charge in [0.25, 0.3) is 5.91 Å². The van der Waals surface area contributed by atoms with Gasteiger partial charge in [-0.1, -0.05) is 6.07 Å². The van der Waals surface area contributed by atoms with Gasteiger partial charge in [0.1, 0.15) is 5.69 Å². The number of hydrogen-bond acceptors (Lipinski definition) is 4. The molecule has 0 atom stereocenters. The van der Waals surface area contributed by atoms with Crippen molar-refractivity contribution < 1.29 is 9.59 Å². The van der Waals surface area contributed by atoms with E-state index in [0.717, 1.165) is 5.01 Å².